The molecule has 1 N–H and O–H groups in total. The van der Waals surface area contributed by atoms with Crippen LogP contribution in [-0.2, 0) is 17.9 Å². The van der Waals surface area contributed by atoms with Crippen LogP contribution >= 0.6 is 0 Å². The van der Waals surface area contributed by atoms with Crippen LogP contribution < -0.4 is 5.32 Å². The van der Waals surface area contributed by atoms with Crippen LogP contribution in [0.3, 0.4) is 0 Å². The van der Waals surface area contributed by atoms with Crippen molar-refractivity contribution in [1.82, 2.24) is 14.8 Å². The van der Waals surface area contributed by atoms with E-state index >= 15 is 0 Å². The van der Waals surface area contributed by atoms with Gasteiger partial charge in [0.2, 0.25) is 0 Å². The molecule has 0 radical (unpaired) electrons. The predicted molar refractivity (Wildman–Crippen MR) is 113 cm³/mol. The topological polar surface area (TPSA) is 54.3 Å². The molecule has 2 aromatic carbocycles. The molecule has 1 aromatic heterocycles. The lowest BCUT2D eigenvalue weighted by atomic mass is 10.2. The van der Waals surface area contributed by atoms with E-state index in [1.165, 1.54) is 11.6 Å². The summed E-state index contributed by atoms with van der Waals surface area (Å²) in [6.07, 6.45) is 1.69. The number of nitrogens with zero attached hydrogens (tertiary/aromatic N) is 2. The van der Waals surface area contributed by atoms with E-state index in [-0.39, 0.29) is 12.2 Å². The number of aryl methyl sites for hydroxylation is 1. The van der Waals surface area contributed by atoms with Gasteiger partial charge < -0.3 is 9.88 Å². The maximum Gasteiger partial charge on any atom is 0.329 e. The van der Waals surface area contributed by atoms with Gasteiger partial charge in [0.1, 0.15) is 11.5 Å². The van der Waals surface area contributed by atoms with Gasteiger partial charge in [-0.15, -0.1) is 0 Å². The highest BCUT2D eigenvalue weighted by molar-refractivity contribution is 6.13. The Bertz CT molecular complexity index is 1150. The Balaban J connectivity index is 1.58. The number of carbonyl (C=O) groups is 2. The minimum Gasteiger partial charge on any atom is -0.344 e. The Labute approximate surface area is 174 Å². The monoisotopic (exact) mass is 403 g/mol. The molecule has 3 amide bonds. The summed E-state index contributed by atoms with van der Waals surface area (Å²) in [5.74, 6) is -0.906. The minimum atomic E-state index is -0.549. The van der Waals surface area contributed by atoms with Gasteiger partial charge in [-0.1, -0.05) is 48.5 Å². The zero-order chi connectivity index (χ0) is 21.3. The van der Waals surface area contributed by atoms with Gasteiger partial charge in [0.15, 0.2) is 0 Å². The molecule has 6 heteroatoms. The van der Waals surface area contributed by atoms with Crippen molar-refractivity contribution in [2.45, 2.75) is 26.9 Å². The number of amides is 3. The predicted octanol–water partition coefficient (Wildman–Crippen LogP) is 4.39. The molecule has 0 bridgehead atoms. The number of benzene rings is 2. The van der Waals surface area contributed by atoms with Gasteiger partial charge in [-0.05, 0) is 43.2 Å². The van der Waals surface area contributed by atoms with Crippen LogP contribution in [-0.4, -0.2) is 21.4 Å². The third-order valence-corrected chi connectivity index (χ3v) is 5.34. The summed E-state index contributed by atoms with van der Waals surface area (Å²) in [6.45, 7) is 4.61. The summed E-state index contributed by atoms with van der Waals surface area (Å²) in [5, 5.41) is 2.61. The van der Waals surface area contributed by atoms with Crippen molar-refractivity contribution in [2.24, 2.45) is 0 Å². The number of urea groups is 1. The van der Waals surface area contributed by atoms with Crippen LogP contribution in [0.2, 0.25) is 0 Å². The van der Waals surface area contributed by atoms with E-state index in [9.17, 15) is 14.0 Å². The van der Waals surface area contributed by atoms with E-state index in [0.717, 1.165) is 28.4 Å². The minimum absolute atomic E-state index is 0.109. The average Bonchev–Trinajstić information content (AvgIpc) is 3.15. The smallest absolute Gasteiger partial charge is 0.329 e. The number of imide groups is 1. The Morgan fingerprint density at radius 3 is 2.40 bits per heavy atom. The van der Waals surface area contributed by atoms with Crippen molar-refractivity contribution < 1.29 is 14.0 Å². The van der Waals surface area contributed by atoms with Crippen molar-refractivity contribution in [3.63, 3.8) is 0 Å². The molecule has 1 aliphatic heterocycles. The highest BCUT2D eigenvalue weighted by atomic mass is 19.1. The van der Waals surface area contributed by atoms with Crippen LogP contribution in [0.4, 0.5) is 9.18 Å². The molecule has 2 heterocycles. The second kappa shape index (κ2) is 7.99. The molecule has 152 valence electrons. The van der Waals surface area contributed by atoms with Gasteiger partial charge in [-0.25, -0.2) is 9.18 Å². The summed E-state index contributed by atoms with van der Waals surface area (Å²) in [7, 11) is 0. The molecule has 1 fully saturated rings. The second-order valence-corrected chi connectivity index (χ2v) is 7.37. The summed E-state index contributed by atoms with van der Waals surface area (Å²) >= 11 is 0. The van der Waals surface area contributed by atoms with Gasteiger partial charge in [0, 0.05) is 23.5 Å². The number of carbonyl (C=O) groups excluding carboxylic acids is 2. The van der Waals surface area contributed by atoms with E-state index in [2.05, 4.69) is 22.0 Å². The molecule has 0 saturated carbocycles. The van der Waals surface area contributed by atoms with E-state index in [1.807, 2.05) is 38.1 Å². The molecule has 1 saturated heterocycles. The normalized spacial score (nSPS) is 15.2. The zero-order valence-electron chi connectivity index (χ0n) is 16.9. The molecule has 30 heavy (non-hydrogen) atoms. The number of hydrogen-bond acceptors (Lipinski definition) is 2. The number of aromatic nitrogens is 1. The van der Waals surface area contributed by atoms with E-state index in [1.54, 1.807) is 24.3 Å². The number of halogens is 1. The molecule has 0 spiro atoms. The number of rotatable bonds is 5. The largest absolute Gasteiger partial charge is 0.344 e. The van der Waals surface area contributed by atoms with E-state index < -0.39 is 17.8 Å². The standard InChI is InChI=1S/C24H22FN3O2/c1-16-12-20(17(2)27(16)14-18-8-4-3-5-9-18)13-22-23(29)28(24(30)26-22)15-19-10-6-7-11-21(19)25/h3-13H,14-15H2,1-2H3,(H,26,30)/b22-13-. The molecule has 3 aromatic rings. The fourth-order valence-corrected chi connectivity index (χ4v) is 3.65. The van der Waals surface area contributed by atoms with Crippen LogP contribution in [0.5, 0.6) is 0 Å². The van der Waals surface area contributed by atoms with Crippen LogP contribution in [0.1, 0.15) is 28.1 Å². The third-order valence-electron chi connectivity index (χ3n) is 5.34. The highest BCUT2D eigenvalue weighted by Gasteiger charge is 2.34. The summed E-state index contributed by atoms with van der Waals surface area (Å²) < 4.78 is 16.1. The van der Waals surface area contributed by atoms with Crippen molar-refractivity contribution in [3.8, 4) is 0 Å². The second-order valence-electron chi connectivity index (χ2n) is 7.37. The van der Waals surface area contributed by atoms with Gasteiger partial charge in [-0.3, -0.25) is 9.69 Å². The number of hydrogen-bond donors (Lipinski definition) is 1. The fourth-order valence-electron chi connectivity index (χ4n) is 3.65. The summed E-state index contributed by atoms with van der Waals surface area (Å²) in [4.78, 5) is 26.1. The summed E-state index contributed by atoms with van der Waals surface area (Å²) in [6, 6.07) is 17.7. The lowest BCUT2D eigenvalue weighted by molar-refractivity contribution is -0.123. The van der Waals surface area contributed by atoms with E-state index in [4.69, 9.17) is 0 Å². The molecule has 5 nitrogen and oxygen atoms in total. The maximum absolute atomic E-state index is 13.9. The van der Waals surface area contributed by atoms with E-state index in [0.29, 0.717) is 5.56 Å². The van der Waals surface area contributed by atoms with Crippen molar-refractivity contribution in [2.75, 3.05) is 0 Å². The zero-order valence-corrected chi connectivity index (χ0v) is 16.9. The lowest BCUT2D eigenvalue weighted by Gasteiger charge is -2.12. The quantitative estimate of drug-likeness (QED) is 0.508. The Morgan fingerprint density at radius 1 is 0.967 bits per heavy atom. The first kappa shape index (κ1) is 19.6. The van der Waals surface area contributed by atoms with Gasteiger partial charge in [0.05, 0.1) is 6.54 Å². The highest BCUT2D eigenvalue weighted by Crippen LogP contribution is 2.23. The molecule has 4 rings (SSSR count). The number of nitrogens with one attached hydrogen (secondary N) is 1. The molecule has 1 aliphatic rings. The fraction of sp³-hybridized carbons (Fsp3) is 0.167. The van der Waals surface area contributed by atoms with Crippen LogP contribution in [0.15, 0.2) is 66.4 Å². The first-order chi connectivity index (χ1) is 14.4. The average molecular weight is 403 g/mol. The summed E-state index contributed by atoms with van der Waals surface area (Å²) in [5.41, 5.74) is 4.58. The van der Waals surface area contributed by atoms with Gasteiger partial charge in [0.25, 0.3) is 5.91 Å². The molecule has 0 unspecified atom stereocenters. The maximum atomic E-state index is 13.9. The molecular weight excluding hydrogens is 381 g/mol. The first-order valence-corrected chi connectivity index (χ1v) is 9.72. The van der Waals surface area contributed by atoms with Gasteiger partial charge in [-0.2, -0.15) is 0 Å². The first-order valence-electron chi connectivity index (χ1n) is 9.72. The Kier molecular flexibility index (Phi) is 5.23. The third kappa shape index (κ3) is 3.76. The SMILES string of the molecule is Cc1cc(/C=C2\NC(=O)N(Cc3ccccc3F)C2=O)c(C)n1Cc1ccccc1. The Hall–Kier alpha value is -3.67. The Morgan fingerprint density at radius 2 is 1.67 bits per heavy atom. The van der Waals surface area contributed by atoms with Crippen molar-refractivity contribution in [1.29, 1.82) is 0 Å². The molecular formula is C24H22FN3O2. The van der Waals surface area contributed by atoms with Crippen molar-refractivity contribution >= 4 is 18.0 Å². The van der Waals surface area contributed by atoms with Crippen LogP contribution in [0.25, 0.3) is 6.08 Å². The van der Waals surface area contributed by atoms with Crippen molar-refractivity contribution in [3.05, 3.63) is 100 Å². The van der Waals surface area contributed by atoms with Gasteiger partial charge >= 0.3 is 6.03 Å². The van der Waals surface area contributed by atoms with Crippen LogP contribution in [0, 0.1) is 19.7 Å². The molecule has 0 aliphatic carbocycles. The lowest BCUT2D eigenvalue weighted by Crippen LogP contribution is -2.30. The molecule has 0 atom stereocenters.